The molecule has 0 aliphatic carbocycles. The van der Waals surface area contributed by atoms with Gasteiger partial charge < -0.3 is 10.6 Å². The molecule has 1 heterocycles. The van der Waals surface area contributed by atoms with Crippen LogP contribution >= 0.6 is 0 Å². The van der Waals surface area contributed by atoms with Crippen LogP contribution in [0.2, 0.25) is 0 Å². The fourth-order valence-electron chi connectivity index (χ4n) is 1.81. The lowest BCUT2D eigenvalue weighted by Gasteiger charge is -2.06. The van der Waals surface area contributed by atoms with Crippen LogP contribution in [-0.2, 0) is 17.9 Å². The van der Waals surface area contributed by atoms with Crippen LogP contribution in [-0.4, -0.2) is 17.4 Å². The Morgan fingerprint density at radius 2 is 1.80 bits per heavy atom. The van der Waals surface area contributed by atoms with Crippen LogP contribution in [0.4, 0.5) is 0 Å². The van der Waals surface area contributed by atoms with E-state index in [-0.39, 0.29) is 5.91 Å². The number of nitrogens with zero attached hydrogens (tertiary/aromatic N) is 1. The minimum Gasteiger partial charge on any atom is -0.352 e. The van der Waals surface area contributed by atoms with E-state index in [0.29, 0.717) is 26.1 Å². The smallest absolute Gasteiger partial charge is 0.221 e. The fourth-order valence-corrected chi connectivity index (χ4v) is 1.81. The van der Waals surface area contributed by atoms with Gasteiger partial charge in [0.15, 0.2) is 0 Å². The average molecular weight is 269 g/mol. The zero-order valence-electron chi connectivity index (χ0n) is 11.4. The summed E-state index contributed by atoms with van der Waals surface area (Å²) in [6, 6.07) is 15.7. The number of hydrogen-bond donors (Lipinski definition) is 2. The third kappa shape index (κ3) is 5.20. The summed E-state index contributed by atoms with van der Waals surface area (Å²) in [5, 5.41) is 6.11. The zero-order chi connectivity index (χ0) is 14.0. The molecule has 0 fully saturated rings. The van der Waals surface area contributed by atoms with Crippen molar-refractivity contribution < 1.29 is 4.79 Å². The molecule has 0 saturated heterocycles. The SMILES string of the molecule is O=C(CCNCc1ccccn1)NCc1ccccc1. The Hall–Kier alpha value is -2.20. The molecule has 0 aliphatic heterocycles. The van der Waals surface area contributed by atoms with Gasteiger partial charge in [0, 0.05) is 32.3 Å². The van der Waals surface area contributed by atoms with E-state index >= 15 is 0 Å². The number of aromatic nitrogens is 1. The van der Waals surface area contributed by atoms with Crippen molar-refractivity contribution in [2.75, 3.05) is 6.54 Å². The highest BCUT2D eigenvalue weighted by atomic mass is 16.1. The summed E-state index contributed by atoms with van der Waals surface area (Å²) >= 11 is 0. The number of nitrogens with one attached hydrogen (secondary N) is 2. The summed E-state index contributed by atoms with van der Waals surface area (Å²) in [5.41, 5.74) is 2.10. The lowest BCUT2D eigenvalue weighted by atomic mass is 10.2. The first-order valence-electron chi connectivity index (χ1n) is 6.76. The number of pyridine rings is 1. The molecule has 2 N–H and O–H groups in total. The Balaban J connectivity index is 1.59. The van der Waals surface area contributed by atoms with Crippen molar-refractivity contribution in [2.24, 2.45) is 0 Å². The van der Waals surface area contributed by atoms with E-state index in [1.165, 1.54) is 0 Å². The number of carbonyl (C=O) groups excluding carboxylic acids is 1. The second kappa shape index (κ2) is 8.07. The molecule has 0 atom stereocenters. The molecule has 2 aromatic rings. The first-order valence-corrected chi connectivity index (χ1v) is 6.76. The van der Waals surface area contributed by atoms with E-state index in [1.807, 2.05) is 48.5 Å². The van der Waals surface area contributed by atoms with Gasteiger partial charge in [0.1, 0.15) is 0 Å². The molecule has 0 spiro atoms. The number of rotatable bonds is 7. The van der Waals surface area contributed by atoms with Gasteiger partial charge in [-0.2, -0.15) is 0 Å². The van der Waals surface area contributed by atoms with Crippen molar-refractivity contribution >= 4 is 5.91 Å². The highest BCUT2D eigenvalue weighted by molar-refractivity contribution is 5.76. The van der Waals surface area contributed by atoms with Crippen LogP contribution in [0.15, 0.2) is 54.7 Å². The van der Waals surface area contributed by atoms with Gasteiger partial charge in [-0.25, -0.2) is 0 Å². The summed E-state index contributed by atoms with van der Waals surface area (Å²) < 4.78 is 0. The minimum absolute atomic E-state index is 0.0578. The van der Waals surface area contributed by atoms with Crippen LogP contribution in [0, 0.1) is 0 Å². The minimum atomic E-state index is 0.0578. The van der Waals surface area contributed by atoms with Crippen molar-refractivity contribution in [1.82, 2.24) is 15.6 Å². The van der Waals surface area contributed by atoms with Crippen molar-refractivity contribution in [3.8, 4) is 0 Å². The molecule has 0 radical (unpaired) electrons. The standard InChI is InChI=1S/C16H19N3O/c20-16(19-12-14-6-2-1-3-7-14)9-11-17-13-15-8-4-5-10-18-15/h1-8,10,17H,9,11-13H2,(H,19,20). The van der Waals surface area contributed by atoms with Crippen molar-refractivity contribution in [3.63, 3.8) is 0 Å². The van der Waals surface area contributed by atoms with Crippen molar-refractivity contribution in [3.05, 3.63) is 66.0 Å². The largest absolute Gasteiger partial charge is 0.352 e. The number of carbonyl (C=O) groups is 1. The van der Waals surface area contributed by atoms with Crippen molar-refractivity contribution in [1.29, 1.82) is 0 Å². The Kier molecular flexibility index (Phi) is 5.73. The van der Waals surface area contributed by atoms with Crippen LogP contribution in [0.25, 0.3) is 0 Å². The molecule has 0 bridgehead atoms. The molecule has 1 aromatic carbocycles. The normalized spacial score (nSPS) is 10.2. The van der Waals surface area contributed by atoms with Gasteiger partial charge in [-0.15, -0.1) is 0 Å². The molecule has 1 aromatic heterocycles. The molecule has 2 rings (SSSR count). The van der Waals surface area contributed by atoms with Crippen LogP contribution < -0.4 is 10.6 Å². The lowest BCUT2D eigenvalue weighted by Crippen LogP contribution is -2.27. The highest BCUT2D eigenvalue weighted by Gasteiger charge is 2.01. The maximum Gasteiger partial charge on any atom is 0.221 e. The molecular weight excluding hydrogens is 250 g/mol. The Bertz CT molecular complexity index is 514. The molecular formula is C16H19N3O. The number of amides is 1. The topological polar surface area (TPSA) is 54.0 Å². The third-order valence-corrected chi connectivity index (χ3v) is 2.89. The molecule has 20 heavy (non-hydrogen) atoms. The van der Waals surface area contributed by atoms with E-state index in [0.717, 1.165) is 11.3 Å². The summed E-state index contributed by atoms with van der Waals surface area (Å²) in [4.78, 5) is 15.9. The van der Waals surface area contributed by atoms with Gasteiger partial charge in [0.25, 0.3) is 0 Å². The van der Waals surface area contributed by atoms with E-state index < -0.39 is 0 Å². The van der Waals surface area contributed by atoms with Gasteiger partial charge in [-0.3, -0.25) is 9.78 Å². The molecule has 4 nitrogen and oxygen atoms in total. The van der Waals surface area contributed by atoms with Crippen LogP contribution in [0.1, 0.15) is 17.7 Å². The van der Waals surface area contributed by atoms with E-state index in [2.05, 4.69) is 15.6 Å². The Morgan fingerprint density at radius 1 is 1.00 bits per heavy atom. The van der Waals surface area contributed by atoms with Crippen LogP contribution in [0.5, 0.6) is 0 Å². The second-order valence-electron chi connectivity index (χ2n) is 4.51. The summed E-state index contributed by atoms with van der Waals surface area (Å²) in [5.74, 6) is 0.0578. The molecule has 104 valence electrons. The number of benzene rings is 1. The molecule has 4 heteroatoms. The maximum atomic E-state index is 11.7. The van der Waals surface area contributed by atoms with E-state index in [1.54, 1.807) is 6.20 Å². The number of hydrogen-bond acceptors (Lipinski definition) is 3. The average Bonchev–Trinajstić information content (AvgIpc) is 2.52. The lowest BCUT2D eigenvalue weighted by molar-refractivity contribution is -0.121. The van der Waals surface area contributed by atoms with Gasteiger partial charge in [-0.1, -0.05) is 36.4 Å². The monoisotopic (exact) mass is 269 g/mol. The van der Waals surface area contributed by atoms with E-state index in [4.69, 9.17) is 0 Å². The summed E-state index contributed by atoms with van der Waals surface area (Å²) in [6.45, 7) is 1.92. The Morgan fingerprint density at radius 3 is 2.55 bits per heavy atom. The first-order chi connectivity index (χ1) is 9.84. The second-order valence-corrected chi connectivity index (χ2v) is 4.51. The highest BCUT2D eigenvalue weighted by Crippen LogP contribution is 1.97. The van der Waals surface area contributed by atoms with Gasteiger partial charge in [-0.05, 0) is 17.7 Å². The maximum absolute atomic E-state index is 11.7. The van der Waals surface area contributed by atoms with Gasteiger partial charge in [0.05, 0.1) is 5.69 Å². The summed E-state index contributed by atoms with van der Waals surface area (Å²) in [7, 11) is 0. The Labute approximate surface area is 119 Å². The van der Waals surface area contributed by atoms with Crippen molar-refractivity contribution in [2.45, 2.75) is 19.5 Å². The predicted octanol–water partition coefficient (Wildman–Crippen LogP) is 1.88. The zero-order valence-corrected chi connectivity index (χ0v) is 11.4. The molecule has 0 unspecified atom stereocenters. The molecule has 1 amide bonds. The summed E-state index contributed by atoms with van der Waals surface area (Å²) in [6.07, 6.45) is 2.24. The third-order valence-electron chi connectivity index (χ3n) is 2.89. The quantitative estimate of drug-likeness (QED) is 0.755. The molecule has 0 saturated carbocycles. The van der Waals surface area contributed by atoms with Gasteiger partial charge in [0.2, 0.25) is 5.91 Å². The van der Waals surface area contributed by atoms with Crippen LogP contribution in [0.3, 0.4) is 0 Å². The fraction of sp³-hybridized carbons (Fsp3) is 0.250. The predicted molar refractivity (Wildman–Crippen MR) is 78.8 cm³/mol. The molecule has 0 aliphatic rings. The van der Waals surface area contributed by atoms with Gasteiger partial charge >= 0.3 is 0 Å². The first kappa shape index (κ1) is 14.2. The van der Waals surface area contributed by atoms with E-state index in [9.17, 15) is 4.79 Å².